The van der Waals surface area contributed by atoms with Crippen LogP contribution in [0.3, 0.4) is 0 Å². The van der Waals surface area contributed by atoms with E-state index in [0.29, 0.717) is 0 Å². The largest absolute Gasteiger partial charge is 0.480 e. The first kappa shape index (κ1) is 15.4. The predicted molar refractivity (Wildman–Crippen MR) is 93.0 cm³/mol. The summed E-state index contributed by atoms with van der Waals surface area (Å²) in [5, 5.41) is 10.7. The molecule has 2 fully saturated rings. The Labute approximate surface area is 149 Å². The Hall–Kier alpha value is -2.89. The predicted octanol–water partition coefficient (Wildman–Crippen LogP) is 1.97. The molecule has 0 spiro atoms. The molecule has 1 aromatic carbocycles. The summed E-state index contributed by atoms with van der Waals surface area (Å²) in [6.45, 7) is 0. The normalized spacial score (nSPS) is 30.4. The Morgan fingerprint density at radius 2 is 1.81 bits per heavy atom. The van der Waals surface area contributed by atoms with E-state index < -0.39 is 12.0 Å². The molecular formula is C20H18N2O4. The van der Waals surface area contributed by atoms with Gasteiger partial charge in [-0.2, -0.15) is 0 Å². The Bertz CT molecular complexity index is 945. The first-order chi connectivity index (χ1) is 12.6. The van der Waals surface area contributed by atoms with Gasteiger partial charge in [0, 0.05) is 23.5 Å². The first-order valence-electron chi connectivity index (χ1n) is 8.89. The maximum Gasteiger partial charge on any atom is 0.327 e. The van der Waals surface area contributed by atoms with E-state index in [4.69, 9.17) is 0 Å². The van der Waals surface area contributed by atoms with Crippen molar-refractivity contribution in [1.29, 1.82) is 0 Å². The number of likely N-dealkylation sites (tertiary alicyclic amines) is 1. The molecule has 2 bridgehead atoms. The Morgan fingerprint density at radius 3 is 2.46 bits per heavy atom. The fourth-order valence-corrected chi connectivity index (χ4v) is 5.03. The van der Waals surface area contributed by atoms with Crippen molar-refractivity contribution < 1.29 is 19.5 Å². The molecule has 3 aliphatic rings. The number of allylic oxidation sites excluding steroid dienone is 2. The van der Waals surface area contributed by atoms with E-state index in [0.717, 1.165) is 27.8 Å². The number of hydrogen-bond donors (Lipinski definition) is 2. The summed E-state index contributed by atoms with van der Waals surface area (Å²) in [4.78, 5) is 42.0. The zero-order chi connectivity index (χ0) is 18.0. The van der Waals surface area contributed by atoms with Crippen LogP contribution in [0, 0.1) is 23.7 Å². The molecule has 0 radical (unpaired) electrons. The van der Waals surface area contributed by atoms with Crippen molar-refractivity contribution in [1.82, 2.24) is 9.88 Å². The van der Waals surface area contributed by atoms with Crippen LogP contribution in [0.4, 0.5) is 0 Å². The molecule has 1 aliphatic heterocycles. The molecule has 2 heterocycles. The monoisotopic (exact) mass is 350 g/mol. The quantitative estimate of drug-likeness (QED) is 0.652. The van der Waals surface area contributed by atoms with Crippen molar-refractivity contribution in [3.05, 3.63) is 48.2 Å². The van der Waals surface area contributed by atoms with Gasteiger partial charge in [0.05, 0.1) is 11.8 Å². The number of carboxylic acid groups (broad SMARTS) is 1. The second-order valence-electron chi connectivity index (χ2n) is 7.46. The van der Waals surface area contributed by atoms with Crippen LogP contribution in [0.15, 0.2) is 42.6 Å². The van der Waals surface area contributed by atoms with Crippen LogP contribution in [0.5, 0.6) is 0 Å². The van der Waals surface area contributed by atoms with Gasteiger partial charge in [-0.15, -0.1) is 0 Å². The highest BCUT2D eigenvalue weighted by molar-refractivity contribution is 6.09. The van der Waals surface area contributed by atoms with E-state index in [1.807, 2.05) is 36.4 Å². The van der Waals surface area contributed by atoms with Gasteiger partial charge in [0.15, 0.2) is 0 Å². The lowest BCUT2D eigenvalue weighted by atomic mass is 9.85. The lowest BCUT2D eigenvalue weighted by molar-refractivity contribution is -0.155. The minimum Gasteiger partial charge on any atom is -0.480 e. The molecule has 1 aromatic heterocycles. The van der Waals surface area contributed by atoms with Crippen molar-refractivity contribution in [3.8, 4) is 0 Å². The summed E-state index contributed by atoms with van der Waals surface area (Å²) >= 11 is 0. The molecule has 132 valence electrons. The fraction of sp³-hybridized carbons (Fsp3) is 0.350. The molecule has 5 atom stereocenters. The lowest BCUT2D eigenvalue weighted by Crippen LogP contribution is -2.47. The van der Waals surface area contributed by atoms with Gasteiger partial charge in [-0.3, -0.25) is 14.5 Å². The van der Waals surface area contributed by atoms with Crippen molar-refractivity contribution in [2.24, 2.45) is 23.7 Å². The number of carboxylic acids is 1. The highest BCUT2D eigenvalue weighted by Gasteiger charge is 2.61. The van der Waals surface area contributed by atoms with E-state index >= 15 is 0 Å². The van der Waals surface area contributed by atoms with Gasteiger partial charge in [-0.1, -0.05) is 30.4 Å². The van der Waals surface area contributed by atoms with Gasteiger partial charge in [0.2, 0.25) is 11.8 Å². The molecule has 6 heteroatoms. The zero-order valence-electron chi connectivity index (χ0n) is 14.0. The number of rotatable bonds is 4. The minimum atomic E-state index is -1.17. The van der Waals surface area contributed by atoms with Gasteiger partial charge < -0.3 is 10.1 Å². The van der Waals surface area contributed by atoms with E-state index in [9.17, 15) is 19.5 Å². The van der Waals surface area contributed by atoms with Gasteiger partial charge in [0.25, 0.3) is 0 Å². The van der Waals surface area contributed by atoms with Crippen LogP contribution < -0.4 is 0 Å². The molecule has 1 saturated heterocycles. The number of fused-ring (bicyclic) bond motifs is 6. The maximum absolute atomic E-state index is 12.9. The number of H-pyrrole nitrogens is 1. The van der Waals surface area contributed by atoms with E-state index in [-0.39, 0.29) is 41.9 Å². The molecule has 5 rings (SSSR count). The van der Waals surface area contributed by atoms with E-state index in [1.165, 1.54) is 0 Å². The average molecular weight is 350 g/mol. The molecule has 0 unspecified atom stereocenters. The second kappa shape index (κ2) is 5.30. The summed E-state index contributed by atoms with van der Waals surface area (Å²) in [5.74, 6) is -2.36. The number of nitrogens with one attached hydrogen (secondary N) is 1. The number of nitrogens with zero attached hydrogens (tertiary/aromatic N) is 1. The Balaban J connectivity index is 1.49. The number of carbonyl (C=O) groups excluding carboxylic acids is 2. The molecule has 2 aliphatic carbocycles. The standard InChI is InChI=1S/C20H18N2O4/c23-18-16-10-5-6-11(7-10)17(16)19(24)22(18)15(20(25)26)8-12-9-21-14-4-2-1-3-13(12)14/h1-6,9-11,15-17,21H,7-8H2,(H,25,26)/t10-,11-,15-,16+,17+/m0/s1. The SMILES string of the molecule is O=C(O)[C@H](Cc1c[nH]c2ccccc12)N1C(=O)[C@H]2[C@H](C1=O)[C@H]1C=C[C@H]2C1. The summed E-state index contributed by atoms with van der Waals surface area (Å²) in [6.07, 6.45) is 6.73. The third kappa shape index (κ3) is 1.95. The van der Waals surface area contributed by atoms with Crippen LogP contribution in [-0.2, 0) is 20.8 Å². The molecular weight excluding hydrogens is 332 g/mol. The highest BCUT2D eigenvalue weighted by atomic mass is 16.4. The summed E-state index contributed by atoms with van der Waals surface area (Å²) < 4.78 is 0. The van der Waals surface area contributed by atoms with Crippen LogP contribution in [-0.4, -0.2) is 38.8 Å². The van der Waals surface area contributed by atoms with Crippen LogP contribution in [0.1, 0.15) is 12.0 Å². The maximum atomic E-state index is 12.9. The number of para-hydroxylation sites is 1. The molecule has 6 nitrogen and oxygen atoms in total. The molecule has 26 heavy (non-hydrogen) atoms. The highest BCUT2D eigenvalue weighted by Crippen LogP contribution is 2.53. The number of benzene rings is 1. The lowest BCUT2D eigenvalue weighted by Gasteiger charge is -2.24. The third-order valence-corrected chi connectivity index (χ3v) is 6.19. The smallest absolute Gasteiger partial charge is 0.327 e. The number of aromatic nitrogens is 1. The van der Waals surface area contributed by atoms with Crippen molar-refractivity contribution >= 4 is 28.7 Å². The van der Waals surface area contributed by atoms with Crippen molar-refractivity contribution in [2.45, 2.75) is 18.9 Å². The number of amides is 2. The molecule has 2 amide bonds. The number of carbonyl (C=O) groups is 3. The van der Waals surface area contributed by atoms with E-state index in [1.54, 1.807) is 6.20 Å². The summed E-state index contributed by atoms with van der Waals surface area (Å²) in [5.41, 5.74) is 1.71. The van der Waals surface area contributed by atoms with Gasteiger partial charge in [-0.25, -0.2) is 4.79 Å². The van der Waals surface area contributed by atoms with Crippen molar-refractivity contribution in [3.63, 3.8) is 0 Å². The van der Waals surface area contributed by atoms with Crippen LogP contribution in [0.25, 0.3) is 10.9 Å². The Morgan fingerprint density at radius 1 is 1.15 bits per heavy atom. The number of aromatic amines is 1. The third-order valence-electron chi connectivity index (χ3n) is 6.19. The van der Waals surface area contributed by atoms with Crippen LogP contribution in [0.2, 0.25) is 0 Å². The Kier molecular flexibility index (Phi) is 3.13. The average Bonchev–Trinajstić information content (AvgIpc) is 3.37. The van der Waals surface area contributed by atoms with Crippen molar-refractivity contribution in [2.75, 3.05) is 0 Å². The number of aliphatic carboxylic acids is 1. The second-order valence-corrected chi connectivity index (χ2v) is 7.46. The molecule has 2 N–H and O–H groups in total. The number of imide groups is 1. The topological polar surface area (TPSA) is 90.5 Å². The summed E-state index contributed by atoms with van der Waals surface area (Å²) in [7, 11) is 0. The van der Waals surface area contributed by atoms with Gasteiger partial charge >= 0.3 is 5.97 Å². The minimum absolute atomic E-state index is 0.0778. The van der Waals surface area contributed by atoms with Gasteiger partial charge in [-0.05, 0) is 29.9 Å². The summed E-state index contributed by atoms with van der Waals surface area (Å²) in [6, 6.07) is 6.44. The van der Waals surface area contributed by atoms with Crippen LogP contribution >= 0.6 is 0 Å². The first-order valence-corrected chi connectivity index (χ1v) is 8.89. The van der Waals surface area contributed by atoms with Gasteiger partial charge in [0.1, 0.15) is 6.04 Å². The fourth-order valence-electron chi connectivity index (χ4n) is 5.03. The number of hydrogen-bond acceptors (Lipinski definition) is 3. The molecule has 1 saturated carbocycles. The van der Waals surface area contributed by atoms with E-state index in [2.05, 4.69) is 4.98 Å². The molecule has 2 aromatic rings. The zero-order valence-corrected chi connectivity index (χ0v) is 14.0.